The number of benzene rings is 2. The molecule has 0 saturated carbocycles. The van der Waals surface area contributed by atoms with Gasteiger partial charge >= 0.3 is 5.97 Å². The summed E-state index contributed by atoms with van der Waals surface area (Å²) in [5.41, 5.74) is 3.06. The average Bonchev–Trinajstić information content (AvgIpc) is 2.48. The number of nitrogens with one attached hydrogen (secondary N) is 1. The lowest BCUT2D eigenvalue weighted by molar-refractivity contribution is -0.114. The van der Waals surface area contributed by atoms with Crippen molar-refractivity contribution in [3.63, 3.8) is 0 Å². The fourth-order valence-corrected chi connectivity index (χ4v) is 2.22. The second-order valence-corrected chi connectivity index (χ2v) is 4.89. The molecule has 0 aliphatic rings. The van der Waals surface area contributed by atoms with Gasteiger partial charge in [-0.2, -0.15) is 0 Å². The minimum atomic E-state index is -0.530. The van der Waals surface area contributed by atoms with Gasteiger partial charge in [-0.25, -0.2) is 9.18 Å². The van der Waals surface area contributed by atoms with Crippen LogP contribution in [0.3, 0.4) is 0 Å². The Kier molecular flexibility index (Phi) is 4.56. The molecule has 0 unspecified atom stereocenters. The summed E-state index contributed by atoms with van der Waals surface area (Å²) in [5.74, 6) is -1.15. The molecule has 0 aromatic heterocycles. The van der Waals surface area contributed by atoms with E-state index in [1.165, 1.54) is 26.2 Å². The predicted molar refractivity (Wildman–Crippen MR) is 82.2 cm³/mol. The lowest BCUT2D eigenvalue weighted by Crippen LogP contribution is -2.12. The number of carbonyl (C=O) groups is 2. The average molecular weight is 301 g/mol. The predicted octanol–water partition coefficient (Wildman–Crippen LogP) is 3.55. The zero-order chi connectivity index (χ0) is 16.3. The van der Waals surface area contributed by atoms with Crippen LogP contribution in [0.25, 0.3) is 11.1 Å². The molecule has 0 aliphatic carbocycles. The first-order chi connectivity index (χ1) is 10.4. The molecule has 1 amide bonds. The van der Waals surface area contributed by atoms with Crippen molar-refractivity contribution in [2.24, 2.45) is 0 Å². The Balaban J connectivity index is 2.58. The molecule has 0 bridgehead atoms. The van der Waals surface area contributed by atoms with Crippen LogP contribution in [0.5, 0.6) is 0 Å². The fourth-order valence-electron chi connectivity index (χ4n) is 2.22. The number of esters is 1. The number of hydrogen-bond donors (Lipinski definition) is 1. The molecule has 0 atom stereocenters. The van der Waals surface area contributed by atoms with Gasteiger partial charge in [0, 0.05) is 6.92 Å². The largest absolute Gasteiger partial charge is 0.465 e. The first kappa shape index (κ1) is 15.7. The van der Waals surface area contributed by atoms with Crippen LogP contribution in [0.1, 0.15) is 22.8 Å². The molecule has 0 radical (unpaired) electrons. The molecule has 114 valence electrons. The van der Waals surface area contributed by atoms with Gasteiger partial charge in [0.2, 0.25) is 5.91 Å². The van der Waals surface area contributed by atoms with E-state index in [4.69, 9.17) is 4.74 Å². The van der Waals surface area contributed by atoms with Crippen LogP contribution in [0, 0.1) is 12.7 Å². The summed E-state index contributed by atoms with van der Waals surface area (Å²) in [6.07, 6.45) is 0. The number of anilines is 1. The lowest BCUT2D eigenvalue weighted by atomic mass is 9.97. The Labute approximate surface area is 127 Å². The van der Waals surface area contributed by atoms with E-state index in [9.17, 15) is 14.0 Å². The highest BCUT2D eigenvalue weighted by Crippen LogP contribution is 2.30. The van der Waals surface area contributed by atoms with Crippen molar-refractivity contribution in [1.29, 1.82) is 0 Å². The topological polar surface area (TPSA) is 55.4 Å². The van der Waals surface area contributed by atoms with Crippen LogP contribution in [0.15, 0.2) is 36.4 Å². The second kappa shape index (κ2) is 6.39. The van der Waals surface area contributed by atoms with Gasteiger partial charge in [-0.05, 0) is 47.9 Å². The first-order valence-electron chi connectivity index (χ1n) is 6.69. The zero-order valence-electron chi connectivity index (χ0n) is 12.6. The summed E-state index contributed by atoms with van der Waals surface area (Å²) in [4.78, 5) is 23.2. The van der Waals surface area contributed by atoms with E-state index >= 15 is 0 Å². The normalized spacial score (nSPS) is 10.2. The van der Waals surface area contributed by atoms with Crippen LogP contribution < -0.4 is 5.32 Å². The second-order valence-electron chi connectivity index (χ2n) is 4.89. The molecule has 1 N–H and O–H groups in total. The minimum absolute atomic E-state index is 0.279. The maximum atomic E-state index is 13.1. The van der Waals surface area contributed by atoms with Crippen molar-refractivity contribution in [1.82, 2.24) is 0 Å². The van der Waals surface area contributed by atoms with Gasteiger partial charge in [0.05, 0.1) is 18.4 Å². The van der Waals surface area contributed by atoms with E-state index in [0.29, 0.717) is 5.69 Å². The summed E-state index contributed by atoms with van der Waals surface area (Å²) in [6, 6.07) is 9.36. The fraction of sp³-hybridized carbons (Fsp3) is 0.176. The van der Waals surface area contributed by atoms with Crippen LogP contribution >= 0.6 is 0 Å². The number of amides is 1. The quantitative estimate of drug-likeness (QED) is 0.882. The summed E-state index contributed by atoms with van der Waals surface area (Å²) in [6.45, 7) is 3.20. The Hall–Kier alpha value is -2.69. The molecule has 2 aromatic carbocycles. The summed E-state index contributed by atoms with van der Waals surface area (Å²) >= 11 is 0. The number of aryl methyl sites for hydroxylation is 1. The Morgan fingerprint density at radius 2 is 1.77 bits per heavy atom. The third kappa shape index (κ3) is 3.31. The molecule has 0 spiro atoms. The third-order valence-electron chi connectivity index (χ3n) is 3.24. The van der Waals surface area contributed by atoms with E-state index in [2.05, 4.69) is 5.32 Å². The van der Waals surface area contributed by atoms with Crippen LogP contribution in [0.4, 0.5) is 10.1 Å². The monoisotopic (exact) mass is 301 g/mol. The van der Waals surface area contributed by atoms with E-state index in [1.54, 1.807) is 24.3 Å². The molecule has 5 heteroatoms. The van der Waals surface area contributed by atoms with Gasteiger partial charge in [0.15, 0.2) is 0 Å². The number of rotatable bonds is 3. The van der Waals surface area contributed by atoms with Gasteiger partial charge in [0.1, 0.15) is 5.82 Å². The smallest absolute Gasteiger partial charge is 0.339 e. The molecule has 0 aliphatic heterocycles. The van der Waals surface area contributed by atoms with Gasteiger partial charge in [0.25, 0.3) is 0 Å². The Bertz CT molecular complexity index is 723. The first-order valence-corrected chi connectivity index (χ1v) is 6.69. The number of halogens is 1. The number of carbonyl (C=O) groups excluding carboxylic acids is 2. The van der Waals surface area contributed by atoms with Gasteiger partial charge in [-0.1, -0.05) is 12.1 Å². The number of ether oxygens (including phenoxy) is 1. The van der Waals surface area contributed by atoms with Crippen molar-refractivity contribution in [2.75, 3.05) is 12.4 Å². The molecule has 0 heterocycles. The molecular formula is C17H16FNO3. The van der Waals surface area contributed by atoms with E-state index in [-0.39, 0.29) is 17.3 Å². The maximum Gasteiger partial charge on any atom is 0.339 e. The highest BCUT2D eigenvalue weighted by atomic mass is 19.1. The summed E-state index contributed by atoms with van der Waals surface area (Å²) in [7, 11) is 1.28. The SMILES string of the molecule is COC(=O)c1cc(C)c(-c2ccc(F)cc2)cc1NC(C)=O. The van der Waals surface area contributed by atoms with Crippen molar-refractivity contribution >= 4 is 17.6 Å². The highest BCUT2D eigenvalue weighted by Gasteiger charge is 2.16. The summed E-state index contributed by atoms with van der Waals surface area (Å²) < 4.78 is 17.8. The molecule has 22 heavy (non-hydrogen) atoms. The minimum Gasteiger partial charge on any atom is -0.465 e. The standard InChI is InChI=1S/C17H16FNO3/c1-10-8-15(17(21)22-3)16(19-11(2)20)9-14(10)12-4-6-13(18)7-5-12/h4-9H,1-3H3,(H,19,20). The van der Waals surface area contributed by atoms with E-state index in [1.807, 2.05) is 6.92 Å². The van der Waals surface area contributed by atoms with Crippen LogP contribution in [-0.4, -0.2) is 19.0 Å². The third-order valence-corrected chi connectivity index (χ3v) is 3.24. The van der Waals surface area contributed by atoms with Crippen LogP contribution in [-0.2, 0) is 9.53 Å². The molecule has 4 nitrogen and oxygen atoms in total. The van der Waals surface area contributed by atoms with Gasteiger partial charge < -0.3 is 10.1 Å². The van der Waals surface area contributed by atoms with Crippen molar-refractivity contribution in [3.05, 3.63) is 53.3 Å². The van der Waals surface area contributed by atoms with Crippen molar-refractivity contribution < 1.29 is 18.7 Å². The summed E-state index contributed by atoms with van der Waals surface area (Å²) in [5, 5.41) is 2.62. The number of hydrogen-bond acceptors (Lipinski definition) is 3. The van der Waals surface area contributed by atoms with E-state index < -0.39 is 5.97 Å². The van der Waals surface area contributed by atoms with Crippen LogP contribution in [0.2, 0.25) is 0 Å². The van der Waals surface area contributed by atoms with E-state index in [0.717, 1.165) is 16.7 Å². The lowest BCUT2D eigenvalue weighted by Gasteiger charge is -2.14. The molecule has 2 rings (SSSR count). The van der Waals surface area contributed by atoms with Crippen molar-refractivity contribution in [3.8, 4) is 11.1 Å². The molecule has 2 aromatic rings. The maximum absolute atomic E-state index is 13.1. The number of methoxy groups -OCH3 is 1. The van der Waals surface area contributed by atoms with Crippen molar-refractivity contribution in [2.45, 2.75) is 13.8 Å². The van der Waals surface area contributed by atoms with Gasteiger partial charge in [-0.15, -0.1) is 0 Å². The Morgan fingerprint density at radius 3 is 2.32 bits per heavy atom. The highest BCUT2D eigenvalue weighted by molar-refractivity contribution is 6.02. The Morgan fingerprint density at radius 1 is 1.14 bits per heavy atom. The van der Waals surface area contributed by atoms with Gasteiger partial charge in [-0.3, -0.25) is 4.79 Å². The molecular weight excluding hydrogens is 285 g/mol. The molecule has 0 fully saturated rings. The zero-order valence-corrected chi connectivity index (χ0v) is 12.6. The molecule has 0 saturated heterocycles.